The van der Waals surface area contributed by atoms with Gasteiger partial charge in [0.1, 0.15) is 0 Å². The maximum Gasteiger partial charge on any atom is 0.162 e. The van der Waals surface area contributed by atoms with E-state index >= 15 is 0 Å². The average Bonchev–Trinajstić information content (AvgIpc) is 2.44. The van der Waals surface area contributed by atoms with Crippen molar-refractivity contribution in [2.75, 3.05) is 32.8 Å². The monoisotopic (exact) mass is 278 g/mol. The molecule has 1 aliphatic rings. The van der Waals surface area contributed by atoms with Crippen LogP contribution in [0, 0.1) is 0 Å². The number of nitrogens with zero attached hydrogens (tertiary/aromatic N) is 2. The van der Waals surface area contributed by atoms with Crippen LogP contribution in [-0.2, 0) is 6.54 Å². The van der Waals surface area contributed by atoms with Gasteiger partial charge >= 0.3 is 0 Å². The Morgan fingerprint density at radius 1 is 1.30 bits per heavy atom. The van der Waals surface area contributed by atoms with Crippen LogP contribution in [0.3, 0.4) is 0 Å². The number of likely N-dealkylation sites (N-methyl/N-ethyl adjacent to an activating group) is 1. The third-order valence-corrected chi connectivity index (χ3v) is 4.03. The Hall–Kier alpha value is -1.26. The zero-order valence-electron chi connectivity index (χ0n) is 12.8. The SMILES string of the molecule is CCOc1cccc(CN2CCN(CC)C(C)C2)c1O. The van der Waals surface area contributed by atoms with E-state index in [1.165, 1.54) is 0 Å². The maximum atomic E-state index is 10.3. The first kappa shape index (κ1) is 15.1. The van der Waals surface area contributed by atoms with Crippen LogP contribution in [0.1, 0.15) is 26.3 Å². The van der Waals surface area contributed by atoms with Crippen LogP contribution in [0.15, 0.2) is 18.2 Å². The van der Waals surface area contributed by atoms with E-state index < -0.39 is 0 Å². The second-order valence-corrected chi connectivity index (χ2v) is 5.41. The average molecular weight is 278 g/mol. The van der Waals surface area contributed by atoms with Crippen molar-refractivity contribution in [1.82, 2.24) is 9.80 Å². The van der Waals surface area contributed by atoms with Gasteiger partial charge < -0.3 is 9.84 Å². The molecular formula is C16H26N2O2. The minimum Gasteiger partial charge on any atom is -0.504 e. The zero-order valence-corrected chi connectivity index (χ0v) is 12.8. The number of piperazine rings is 1. The summed E-state index contributed by atoms with van der Waals surface area (Å²) in [5.74, 6) is 0.880. The molecule has 0 spiro atoms. The van der Waals surface area contributed by atoms with Crippen LogP contribution < -0.4 is 4.74 Å². The fraction of sp³-hybridized carbons (Fsp3) is 0.625. The number of ether oxygens (including phenoxy) is 1. The first-order valence-electron chi connectivity index (χ1n) is 7.55. The molecular weight excluding hydrogens is 252 g/mol. The molecule has 1 unspecified atom stereocenters. The Bertz CT molecular complexity index is 436. The molecule has 0 bridgehead atoms. The lowest BCUT2D eigenvalue weighted by atomic mass is 10.1. The smallest absolute Gasteiger partial charge is 0.162 e. The zero-order chi connectivity index (χ0) is 14.5. The molecule has 112 valence electrons. The Labute approximate surface area is 122 Å². The number of hydrogen-bond donors (Lipinski definition) is 1. The van der Waals surface area contributed by atoms with Gasteiger partial charge in [-0.1, -0.05) is 19.1 Å². The topological polar surface area (TPSA) is 35.9 Å². The summed E-state index contributed by atoms with van der Waals surface area (Å²) in [5.41, 5.74) is 0.952. The number of para-hydroxylation sites is 1. The van der Waals surface area contributed by atoms with Crippen LogP contribution in [0.2, 0.25) is 0 Å². The molecule has 1 saturated heterocycles. The summed E-state index contributed by atoms with van der Waals surface area (Å²) in [5, 5.41) is 10.3. The largest absolute Gasteiger partial charge is 0.504 e. The lowest BCUT2D eigenvalue weighted by Gasteiger charge is -2.39. The standard InChI is InChI=1S/C16H26N2O2/c1-4-18-10-9-17(11-13(18)3)12-14-7-6-8-15(16(14)19)20-5-2/h6-8,13,19H,4-5,9-12H2,1-3H3. The molecule has 1 fully saturated rings. The fourth-order valence-corrected chi connectivity index (χ4v) is 2.89. The number of hydrogen-bond acceptors (Lipinski definition) is 4. The van der Waals surface area contributed by atoms with Crippen molar-refractivity contribution >= 4 is 0 Å². The highest BCUT2D eigenvalue weighted by Gasteiger charge is 2.23. The second-order valence-electron chi connectivity index (χ2n) is 5.41. The third-order valence-electron chi connectivity index (χ3n) is 4.03. The van der Waals surface area contributed by atoms with Gasteiger partial charge in [0.15, 0.2) is 11.5 Å². The van der Waals surface area contributed by atoms with E-state index in [1.54, 1.807) is 0 Å². The number of phenols is 1. The summed E-state index contributed by atoms with van der Waals surface area (Å²) >= 11 is 0. The van der Waals surface area contributed by atoms with Crippen LogP contribution >= 0.6 is 0 Å². The molecule has 0 radical (unpaired) electrons. The first-order valence-corrected chi connectivity index (χ1v) is 7.55. The molecule has 1 aromatic carbocycles. The molecule has 1 aliphatic heterocycles. The van der Waals surface area contributed by atoms with Gasteiger partial charge in [-0.2, -0.15) is 0 Å². The van der Waals surface area contributed by atoms with Gasteiger partial charge in [-0.25, -0.2) is 0 Å². The molecule has 1 aromatic rings. The molecule has 0 saturated carbocycles. The molecule has 0 amide bonds. The number of rotatable bonds is 5. The van der Waals surface area contributed by atoms with Gasteiger partial charge in [0, 0.05) is 37.8 Å². The van der Waals surface area contributed by atoms with Crippen molar-refractivity contribution in [3.63, 3.8) is 0 Å². The Kier molecular flexibility index (Phi) is 5.26. The van der Waals surface area contributed by atoms with Crippen molar-refractivity contribution in [3.05, 3.63) is 23.8 Å². The predicted molar refractivity (Wildman–Crippen MR) is 81.3 cm³/mol. The van der Waals surface area contributed by atoms with Crippen molar-refractivity contribution in [1.29, 1.82) is 0 Å². The molecule has 0 aliphatic carbocycles. The Balaban J connectivity index is 2.02. The van der Waals surface area contributed by atoms with Crippen molar-refractivity contribution < 1.29 is 9.84 Å². The van der Waals surface area contributed by atoms with E-state index in [0.29, 0.717) is 24.1 Å². The highest BCUT2D eigenvalue weighted by atomic mass is 16.5. The lowest BCUT2D eigenvalue weighted by Crippen LogP contribution is -2.51. The Morgan fingerprint density at radius 3 is 2.75 bits per heavy atom. The minimum absolute atomic E-state index is 0.292. The second kappa shape index (κ2) is 6.95. The maximum absolute atomic E-state index is 10.3. The predicted octanol–water partition coefficient (Wildman–Crippen LogP) is 2.32. The van der Waals surface area contributed by atoms with Gasteiger partial charge in [-0.3, -0.25) is 9.80 Å². The first-order chi connectivity index (χ1) is 9.65. The minimum atomic E-state index is 0.292. The molecule has 1 atom stereocenters. The molecule has 4 nitrogen and oxygen atoms in total. The molecule has 0 aromatic heterocycles. The summed E-state index contributed by atoms with van der Waals surface area (Å²) in [6.45, 7) is 12.1. The van der Waals surface area contributed by atoms with E-state index in [9.17, 15) is 5.11 Å². The summed E-state index contributed by atoms with van der Waals surface area (Å²) in [6, 6.07) is 6.33. The van der Waals surface area contributed by atoms with Gasteiger partial charge in [0.05, 0.1) is 6.61 Å². The fourth-order valence-electron chi connectivity index (χ4n) is 2.89. The summed E-state index contributed by atoms with van der Waals surface area (Å²) in [4.78, 5) is 4.90. The quantitative estimate of drug-likeness (QED) is 0.896. The molecule has 2 rings (SSSR count). The normalized spacial score (nSPS) is 21.1. The summed E-state index contributed by atoms with van der Waals surface area (Å²) < 4.78 is 5.45. The van der Waals surface area contributed by atoms with E-state index in [2.05, 4.69) is 23.6 Å². The van der Waals surface area contributed by atoms with Gasteiger partial charge in [-0.15, -0.1) is 0 Å². The number of phenolic OH excluding ortho intramolecular Hbond substituents is 1. The highest BCUT2D eigenvalue weighted by Crippen LogP contribution is 2.31. The number of aromatic hydroxyl groups is 1. The van der Waals surface area contributed by atoms with E-state index in [4.69, 9.17) is 4.74 Å². The van der Waals surface area contributed by atoms with Gasteiger partial charge in [0.25, 0.3) is 0 Å². The van der Waals surface area contributed by atoms with Crippen molar-refractivity contribution in [2.24, 2.45) is 0 Å². The van der Waals surface area contributed by atoms with E-state index in [0.717, 1.165) is 38.3 Å². The van der Waals surface area contributed by atoms with Crippen molar-refractivity contribution in [3.8, 4) is 11.5 Å². The highest BCUT2D eigenvalue weighted by molar-refractivity contribution is 5.45. The summed E-state index contributed by atoms with van der Waals surface area (Å²) in [6.07, 6.45) is 0. The molecule has 20 heavy (non-hydrogen) atoms. The van der Waals surface area contributed by atoms with Gasteiger partial charge in [0.2, 0.25) is 0 Å². The lowest BCUT2D eigenvalue weighted by molar-refractivity contribution is 0.0828. The molecule has 4 heteroatoms. The third kappa shape index (κ3) is 3.44. The van der Waals surface area contributed by atoms with Crippen LogP contribution in [0.25, 0.3) is 0 Å². The van der Waals surface area contributed by atoms with Gasteiger partial charge in [-0.05, 0) is 26.5 Å². The molecule has 1 N–H and O–H groups in total. The van der Waals surface area contributed by atoms with Crippen LogP contribution in [0.5, 0.6) is 11.5 Å². The number of benzene rings is 1. The van der Waals surface area contributed by atoms with E-state index in [1.807, 2.05) is 25.1 Å². The summed E-state index contributed by atoms with van der Waals surface area (Å²) in [7, 11) is 0. The Morgan fingerprint density at radius 2 is 2.10 bits per heavy atom. The molecule has 1 heterocycles. The van der Waals surface area contributed by atoms with Crippen molar-refractivity contribution in [2.45, 2.75) is 33.4 Å². The van der Waals surface area contributed by atoms with E-state index in [-0.39, 0.29) is 0 Å². The van der Waals surface area contributed by atoms with Crippen LogP contribution in [-0.4, -0.2) is 53.7 Å². The van der Waals surface area contributed by atoms with Crippen LogP contribution in [0.4, 0.5) is 0 Å².